The van der Waals surface area contributed by atoms with E-state index in [4.69, 9.17) is 4.74 Å². The van der Waals surface area contributed by atoms with Gasteiger partial charge in [-0.05, 0) is 34.5 Å². The summed E-state index contributed by atoms with van der Waals surface area (Å²) in [6.07, 6.45) is 1.78. The van der Waals surface area contributed by atoms with Gasteiger partial charge in [0.1, 0.15) is 11.8 Å². The Morgan fingerprint density at radius 3 is 2.86 bits per heavy atom. The molecule has 1 N–H and O–H groups in total. The number of amides is 2. The van der Waals surface area contributed by atoms with E-state index >= 15 is 0 Å². The Labute approximate surface area is 132 Å². The van der Waals surface area contributed by atoms with Crippen LogP contribution in [0.2, 0.25) is 0 Å². The zero-order valence-corrected chi connectivity index (χ0v) is 13.8. The van der Waals surface area contributed by atoms with E-state index in [1.54, 1.807) is 18.1 Å². The molecular weight excluding hydrogens is 336 g/mol. The highest BCUT2D eigenvalue weighted by Gasteiger charge is 2.31. The largest absolute Gasteiger partial charge is 0.497 e. The first-order valence-corrected chi connectivity index (χ1v) is 7.80. The Bertz CT molecular complexity index is 548. The van der Waals surface area contributed by atoms with Crippen LogP contribution < -0.4 is 15.0 Å². The molecule has 1 unspecified atom stereocenters. The molecule has 1 aliphatic rings. The van der Waals surface area contributed by atoms with Gasteiger partial charge in [-0.2, -0.15) is 0 Å². The molecule has 1 saturated heterocycles. The smallest absolute Gasteiger partial charge is 0.249 e. The summed E-state index contributed by atoms with van der Waals surface area (Å²) in [5.74, 6) is 0.525. The Balaban J connectivity index is 2.36. The second-order valence-corrected chi connectivity index (χ2v) is 5.82. The fourth-order valence-corrected chi connectivity index (χ4v) is 2.85. The molecule has 0 aliphatic carbocycles. The first-order valence-electron chi connectivity index (χ1n) is 7.01. The van der Waals surface area contributed by atoms with Gasteiger partial charge in [-0.3, -0.25) is 9.59 Å². The van der Waals surface area contributed by atoms with Crippen LogP contribution in [0.3, 0.4) is 0 Å². The maximum Gasteiger partial charge on any atom is 0.249 e. The SMILES string of the molecule is CCCC1NC(=O)CCN(c2cc(OC)ccc2Br)C1=O. The molecule has 1 aliphatic heterocycles. The van der Waals surface area contributed by atoms with Gasteiger partial charge in [0.25, 0.3) is 0 Å². The van der Waals surface area contributed by atoms with E-state index in [1.807, 2.05) is 19.1 Å². The fraction of sp³-hybridized carbons (Fsp3) is 0.467. The summed E-state index contributed by atoms with van der Waals surface area (Å²) >= 11 is 3.47. The van der Waals surface area contributed by atoms with E-state index in [2.05, 4.69) is 21.2 Å². The van der Waals surface area contributed by atoms with Crippen molar-refractivity contribution >= 4 is 33.4 Å². The van der Waals surface area contributed by atoms with E-state index in [-0.39, 0.29) is 11.8 Å². The number of benzene rings is 1. The molecule has 0 aromatic heterocycles. The van der Waals surface area contributed by atoms with Gasteiger partial charge in [0, 0.05) is 23.5 Å². The number of ether oxygens (including phenoxy) is 1. The lowest BCUT2D eigenvalue weighted by molar-refractivity contribution is -0.125. The number of methoxy groups -OCH3 is 1. The molecule has 1 aromatic rings. The molecule has 2 rings (SSSR count). The van der Waals surface area contributed by atoms with Crippen molar-refractivity contribution < 1.29 is 14.3 Å². The summed E-state index contributed by atoms with van der Waals surface area (Å²) < 4.78 is 6.03. The molecule has 0 spiro atoms. The van der Waals surface area contributed by atoms with Crippen molar-refractivity contribution in [3.8, 4) is 5.75 Å². The molecular formula is C15H19BrN2O3. The van der Waals surface area contributed by atoms with Gasteiger partial charge in [0.2, 0.25) is 11.8 Å². The lowest BCUT2D eigenvalue weighted by Crippen LogP contribution is -2.44. The zero-order chi connectivity index (χ0) is 15.4. The monoisotopic (exact) mass is 354 g/mol. The maximum atomic E-state index is 12.7. The van der Waals surface area contributed by atoms with Gasteiger partial charge in [-0.15, -0.1) is 0 Å². The summed E-state index contributed by atoms with van der Waals surface area (Å²) in [6.45, 7) is 2.37. The minimum atomic E-state index is -0.455. The number of carbonyl (C=O) groups excluding carboxylic acids is 2. The standard InChI is InChI=1S/C15H19BrN2O3/c1-3-4-12-15(20)18(8-7-14(19)17-12)13-9-10(21-2)5-6-11(13)16/h5-6,9,12H,3-4,7-8H2,1-2H3,(H,17,19). The van der Waals surface area contributed by atoms with Crippen molar-refractivity contribution in [2.75, 3.05) is 18.6 Å². The minimum Gasteiger partial charge on any atom is -0.497 e. The molecule has 0 radical (unpaired) electrons. The van der Waals surface area contributed by atoms with Crippen molar-refractivity contribution in [3.63, 3.8) is 0 Å². The highest BCUT2D eigenvalue weighted by Crippen LogP contribution is 2.31. The van der Waals surface area contributed by atoms with Crippen LogP contribution >= 0.6 is 15.9 Å². The van der Waals surface area contributed by atoms with Crippen LogP contribution in [0.5, 0.6) is 5.75 Å². The van der Waals surface area contributed by atoms with Crippen molar-refractivity contribution in [2.24, 2.45) is 0 Å². The van der Waals surface area contributed by atoms with Crippen LogP contribution in [-0.4, -0.2) is 31.5 Å². The Morgan fingerprint density at radius 2 is 2.19 bits per heavy atom. The lowest BCUT2D eigenvalue weighted by atomic mass is 10.1. The van der Waals surface area contributed by atoms with Crippen LogP contribution in [0.1, 0.15) is 26.2 Å². The summed E-state index contributed by atoms with van der Waals surface area (Å²) in [5.41, 5.74) is 0.733. The third kappa shape index (κ3) is 3.56. The molecule has 114 valence electrons. The van der Waals surface area contributed by atoms with Crippen LogP contribution in [0.25, 0.3) is 0 Å². The van der Waals surface area contributed by atoms with Crippen molar-refractivity contribution in [3.05, 3.63) is 22.7 Å². The summed E-state index contributed by atoms with van der Waals surface area (Å²) in [4.78, 5) is 26.1. The Kier molecular flexibility index (Phi) is 5.22. The normalized spacial score (nSPS) is 19.2. The van der Waals surface area contributed by atoms with Gasteiger partial charge in [-0.25, -0.2) is 0 Å². The Hall–Kier alpha value is -1.56. The fourth-order valence-electron chi connectivity index (χ4n) is 2.39. The molecule has 0 bridgehead atoms. The predicted octanol–water partition coefficient (Wildman–Crippen LogP) is 2.48. The first-order chi connectivity index (χ1) is 10.1. The second-order valence-electron chi connectivity index (χ2n) is 4.97. The van der Waals surface area contributed by atoms with Gasteiger partial charge in [0.15, 0.2) is 0 Å². The third-order valence-corrected chi connectivity index (χ3v) is 4.15. The zero-order valence-electron chi connectivity index (χ0n) is 12.2. The van der Waals surface area contributed by atoms with Crippen LogP contribution in [-0.2, 0) is 9.59 Å². The van der Waals surface area contributed by atoms with E-state index < -0.39 is 6.04 Å². The number of hydrogen-bond donors (Lipinski definition) is 1. The third-order valence-electron chi connectivity index (χ3n) is 3.48. The van der Waals surface area contributed by atoms with Crippen molar-refractivity contribution in [1.82, 2.24) is 5.32 Å². The average molecular weight is 355 g/mol. The van der Waals surface area contributed by atoms with Crippen LogP contribution in [0.4, 0.5) is 5.69 Å². The molecule has 1 aromatic carbocycles. The van der Waals surface area contributed by atoms with E-state index in [9.17, 15) is 9.59 Å². The number of carbonyl (C=O) groups is 2. The molecule has 1 atom stereocenters. The molecule has 5 nitrogen and oxygen atoms in total. The van der Waals surface area contributed by atoms with E-state index in [0.717, 1.165) is 16.6 Å². The molecule has 1 fully saturated rings. The highest BCUT2D eigenvalue weighted by atomic mass is 79.9. The number of halogens is 1. The topological polar surface area (TPSA) is 58.6 Å². The number of nitrogens with zero attached hydrogens (tertiary/aromatic N) is 1. The molecule has 6 heteroatoms. The van der Waals surface area contributed by atoms with Crippen molar-refractivity contribution in [1.29, 1.82) is 0 Å². The van der Waals surface area contributed by atoms with E-state index in [0.29, 0.717) is 25.1 Å². The summed E-state index contributed by atoms with van der Waals surface area (Å²) in [7, 11) is 1.59. The number of nitrogens with one attached hydrogen (secondary N) is 1. The average Bonchev–Trinajstić information content (AvgIpc) is 2.60. The van der Waals surface area contributed by atoms with Gasteiger partial charge in [-0.1, -0.05) is 13.3 Å². The number of rotatable bonds is 4. The van der Waals surface area contributed by atoms with E-state index in [1.165, 1.54) is 0 Å². The molecule has 21 heavy (non-hydrogen) atoms. The van der Waals surface area contributed by atoms with Gasteiger partial charge >= 0.3 is 0 Å². The lowest BCUT2D eigenvalue weighted by Gasteiger charge is -2.25. The summed E-state index contributed by atoms with van der Waals surface area (Å²) in [5, 5.41) is 2.80. The second kappa shape index (κ2) is 6.93. The Morgan fingerprint density at radius 1 is 1.43 bits per heavy atom. The van der Waals surface area contributed by atoms with Crippen molar-refractivity contribution in [2.45, 2.75) is 32.2 Å². The minimum absolute atomic E-state index is 0.0725. The van der Waals surface area contributed by atoms with Gasteiger partial charge in [0.05, 0.1) is 12.8 Å². The van der Waals surface area contributed by atoms with Gasteiger partial charge < -0.3 is 15.0 Å². The highest BCUT2D eigenvalue weighted by molar-refractivity contribution is 9.10. The number of hydrogen-bond acceptors (Lipinski definition) is 3. The molecule has 0 saturated carbocycles. The number of anilines is 1. The predicted molar refractivity (Wildman–Crippen MR) is 84.5 cm³/mol. The maximum absolute atomic E-state index is 12.7. The summed E-state index contributed by atoms with van der Waals surface area (Å²) in [6, 6.07) is 5.02. The quantitative estimate of drug-likeness (QED) is 0.903. The van der Waals surface area contributed by atoms with Crippen LogP contribution in [0.15, 0.2) is 22.7 Å². The molecule has 1 heterocycles. The van der Waals surface area contributed by atoms with Crippen LogP contribution in [0, 0.1) is 0 Å². The molecule has 2 amide bonds. The first kappa shape index (κ1) is 15.8.